The van der Waals surface area contributed by atoms with Crippen molar-refractivity contribution in [1.29, 1.82) is 0 Å². The van der Waals surface area contributed by atoms with E-state index in [1.807, 2.05) is 12.3 Å². The Labute approximate surface area is 104 Å². The number of thiophene rings is 1. The average molecular weight is 256 g/mol. The fraction of sp³-hybridized carbons (Fsp3) is 0.364. The predicted molar refractivity (Wildman–Crippen MR) is 68.0 cm³/mol. The van der Waals surface area contributed by atoms with Crippen LogP contribution in [0.1, 0.15) is 24.4 Å². The van der Waals surface area contributed by atoms with Crippen LogP contribution in [-0.2, 0) is 6.42 Å². The van der Waals surface area contributed by atoms with Gasteiger partial charge in [0.1, 0.15) is 5.82 Å². The average Bonchev–Trinajstić information content (AvgIpc) is 2.89. The summed E-state index contributed by atoms with van der Waals surface area (Å²) in [5.74, 6) is 1.02. The van der Waals surface area contributed by atoms with E-state index in [-0.39, 0.29) is 0 Å². The minimum atomic E-state index is 0.332. The number of hydrogen-bond donors (Lipinski definition) is 2. The predicted octanol–water partition coefficient (Wildman–Crippen LogP) is 3.02. The van der Waals surface area contributed by atoms with E-state index in [9.17, 15) is 0 Å². The quantitative estimate of drug-likeness (QED) is 0.862. The highest BCUT2D eigenvalue weighted by Gasteiger charge is 2.06. The Bertz CT molecular complexity index is 424. The van der Waals surface area contributed by atoms with Crippen molar-refractivity contribution >= 4 is 22.9 Å². The third-order valence-electron chi connectivity index (χ3n) is 2.45. The van der Waals surface area contributed by atoms with Crippen LogP contribution in [-0.4, -0.2) is 16.5 Å². The van der Waals surface area contributed by atoms with Crippen molar-refractivity contribution in [3.8, 4) is 0 Å². The van der Waals surface area contributed by atoms with Crippen molar-refractivity contribution < 1.29 is 0 Å². The SMILES string of the molecule is CC(NCCc1ncc[nH]1)c1csc(Cl)c1. The first-order chi connectivity index (χ1) is 7.75. The molecule has 2 rings (SSSR count). The lowest BCUT2D eigenvalue weighted by Crippen LogP contribution is -2.21. The zero-order valence-electron chi connectivity index (χ0n) is 9.03. The summed E-state index contributed by atoms with van der Waals surface area (Å²) >= 11 is 7.47. The van der Waals surface area contributed by atoms with Crippen molar-refractivity contribution in [3.05, 3.63) is 39.6 Å². The molecule has 0 aromatic carbocycles. The Morgan fingerprint density at radius 1 is 1.62 bits per heavy atom. The lowest BCUT2D eigenvalue weighted by atomic mass is 10.2. The molecule has 2 aromatic rings. The van der Waals surface area contributed by atoms with Crippen molar-refractivity contribution in [1.82, 2.24) is 15.3 Å². The highest BCUT2D eigenvalue weighted by atomic mass is 35.5. The molecule has 2 aromatic heterocycles. The zero-order valence-corrected chi connectivity index (χ0v) is 10.6. The number of aromatic nitrogens is 2. The van der Waals surface area contributed by atoms with Crippen LogP contribution in [0.15, 0.2) is 23.8 Å². The van der Waals surface area contributed by atoms with Crippen LogP contribution in [0, 0.1) is 0 Å². The summed E-state index contributed by atoms with van der Waals surface area (Å²) < 4.78 is 0.842. The van der Waals surface area contributed by atoms with Gasteiger partial charge in [0.25, 0.3) is 0 Å². The van der Waals surface area contributed by atoms with E-state index in [1.165, 1.54) is 5.56 Å². The molecule has 0 saturated heterocycles. The Kier molecular flexibility index (Phi) is 3.98. The Morgan fingerprint density at radius 2 is 2.50 bits per heavy atom. The third kappa shape index (κ3) is 3.07. The minimum absolute atomic E-state index is 0.332. The van der Waals surface area contributed by atoms with E-state index >= 15 is 0 Å². The van der Waals surface area contributed by atoms with Gasteiger partial charge in [-0.2, -0.15) is 0 Å². The molecule has 2 N–H and O–H groups in total. The fourth-order valence-corrected chi connectivity index (χ4v) is 2.49. The summed E-state index contributed by atoms with van der Waals surface area (Å²) in [5.41, 5.74) is 1.24. The van der Waals surface area contributed by atoms with Crippen LogP contribution in [0.3, 0.4) is 0 Å². The molecule has 0 aliphatic carbocycles. The first-order valence-electron chi connectivity index (χ1n) is 5.21. The van der Waals surface area contributed by atoms with Crippen molar-refractivity contribution in [2.24, 2.45) is 0 Å². The van der Waals surface area contributed by atoms with Crippen molar-refractivity contribution in [2.75, 3.05) is 6.54 Å². The molecule has 3 nitrogen and oxygen atoms in total. The van der Waals surface area contributed by atoms with E-state index in [1.54, 1.807) is 17.5 Å². The fourth-order valence-electron chi connectivity index (χ4n) is 1.51. The largest absolute Gasteiger partial charge is 0.349 e. The van der Waals surface area contributed by atoms with Gasteiger partial charge in [-0.25, -0.2) is 4.98 Å². The molecule has 2 heterocycles. The Hall–Kier alpha value is -0.840. The van der Waals surface area contributed by atoms with Crippen molar-refractivity contribution in [3.63, 3.8) is 0 Å². The number of imidazole rings is 1. The number of rotatable bonds is 5. The summed E-state index contributed by atoms with van der Waals surface area (Å²) in [6.45, 7) is 3.04. The lowest BCUT2D eigenvalue weighted by Gasteiger charge is -2.11. The first kappa shape index (κ1) is 11.6. The second kappa shape index (κ2) is 5.48. The van der Waals surface area contributed by atoms with Gasteiger partial charge in [0.05, 0.1) is 4.34 Å². The number of aromatic amines is 1. The number of hydrogen-bond acceptors (Lipinski definition) is 3. The summed E-state index contributed by atoms with van der Waals surface area (Å²) in [6, 6.07) is 2.34. The minimum Gasteiger partial charge on any atom is -0.349 e. The van der Waals surface area contributed by atoms with Gasteiger partial charge in [0.15, 0.2) is 0 Å². The molecule has 0 amide bonds. The summed E-state index contributed by atoms with van der Waals surface area (Å²) in [5, 5.41) is 5.53. The van der Waals surface area contributed by atoms with E-state index < -0.39 is 0 Å². The molecule has 0 aliphatic rings. The summed E-state index contributed by atoms with van der Waals surface area (Å²) in [7, 11) is 0. The zero-order chi connectivity index (χ0) is 11.4. The molecule has 0 radical (unpaired) electrons. The highest BCUT2D eigenvalue weighted by molar-refractivity contribution is 7.14. The molecule has 0 aliphatic heterocycles. The van der Waals surface area contributed by atoms with Gasteiger partial charge in [-0.15, -0.1) is 11.3 Å². The Morgan fingerprint density at radius 3 is 3.12 bits per heavy atom. The third-order valence-corrected chi connectivity index (χ3v) is 3.56. The van der Waals surface area contributed by atoms with Gasteiger partial charge >= 0.3 is 0 Å². The number of nitrogens with one attached hydrogen (secondary N) is 2. The normalized spacial score (nSPS) is 12.9. The number of H-pyrrole nitrogens is 1. The maximum Gasteiger partial charge on any atom is 0.107 e. The molecule has 16 heavy (non-hydrogen) atoms. The molecule has 5 heteroatoms. The van der Waals surface area contributed by atoms with Gasteiger partial charge in [0, 0.05) is 31.4 Å². The molecule has 0 spiro atoms. The molecule has 1 atom stereocenters. The van der Waals surface area contributed by atoms with Crippen LogP contribution in [0.25, 0.3) is 0 Å². The highest BCUT2D eigenvalue weighted by Crippen LogP contribution is 2.24. The Balaban J connectivity index is 1.78. The topological polar surface area (TPSA) is 40.7 Å². The van der Waals surface area contributed by atoms with Crippen LogP contribution in [0.5, 0.6) is 0 Å². The van der Waals surface area contributed by atoms with Crippen LogP contribution in [0.2, 0.25) is 4.34 Å². The smallest absolute Gasteiger partial charge is 0.107 e. The van der Waals surface area contributed by atoms with Gasteiger partial charge in [-0.05, 0) is 23.9 Å². The standard InChI is InChI=1S/C11H14ClN3S/c1-8(9-6-10(12)16-7-9)13-3-2-11-14-4-5-15-11/h4-8,13H,2-3H2,1H3,(H,14,15). The van der Waals surface area contributed by atoms with E-state index in [2.05, 4.69) is 27.6 Å². The maximum atomic E-state index is 5.90. The summed E-state index contributed by atoms with van der Waals surface area (Å²) in [6.07, 6.45) is 4.53. The van der Waals surface area contributed by atoms with Gasteiger partial charge in [-0.3, -0.25) is 0 Å². The van der Waals surface area contributed by atoms with E-state index in [0.717, 1.165) is 23.1 Å². The van der Waals surface area contributed by atoms with Gasteiger partial charge in [0.2, 0.25) is 0 Å². The first-order valence-corrected chi connectivity index (χ1v) is 6.47. The molecular formula is C11H14ClN3S. The molecule has 0 saturated carbocycles. The summed E-state index contributed by atoms with van der Waals surface area (Å²) in [4.78, 5) is 7.26. The van der Waals surface area contributed by atoms with Gasteiger partial charge in [-0.1, -0.05) is 11.6 Å². The maximum absolute atomic E-state index is 5.90. The second-order valence-corrected chi connectivity index (χ2v) is 5.19. The molecule has 86 valence electrons. The lowest BCUT2D eigenvalue weighted by molar-refractivity contribution is 0.572. The van der Waals surface area contributed by atoms with Crippen LogP contribution < -0.4 is 5.32 Å². The van der Waals surface area contributed by atoms with Crippen LogP contribution in [0.4, 0.5) is 0 Å². The molecule has 0 fully saturated rings. The molecule has 0 bridgehead atoms. The number of halogens is 1. The molecule has 1 unspecified atom stereocenters. The molecular weight excluding hydrogens is 242 g/mol. The van der Waals surface area contributed by atoms with E-state index in [0.29, 0.717) is 6.04 Å². The van der Waals surface area contributed by atoms with E-state index in [4.69, 9.17) is 11.6 Å². The number of nitrogens with zero attached hydrogens (tertiary/aromatic N) is 1. The second-order valence-electron chi connectivity index (χ2n) is 3.65. The van der Waals surface area contributed by atoms with Crippen molar-refractivity contribution in [2.45, 2.75) is 19.4 Å². The van der Waals surface area contributed by atoms with Gasteiger partial charge < -0.3 is 10.3 Å². The monoisotopic (exact) mass is 255 g/mol. The van der Waals surface area contributed by atoms with Crippen LogP contribution >= 0.6 is 22.9 Å².